The van der Waals surface area contributed by atoms with Gasteiger partial charge in [0.1, 0.15) is 57.0 Å². The van der Waals surface area contributed by atoms with Crippen LogP contribution in [0.25, 0.3) is 46.1 Å². The Morgan fingerprint density at radius 3 is 1.13 bits per heavy atom. The molecule has 105 heavy (non-hydrogen) atoms. The van der Waals surface area contributed by atoms with Crippen LogP contribution in [-0.4, -0.2) is 161 Å². The van der Waals surface area contributed by atoms with E-state index < -0.39 is 43.5 Å². The Balaban J connectivity index is 0.000000162. The van der Waals surface area contributed by atoms with Crippen molar-refractivity contribution in [3.63, 3.8) is 0 Å². The van der Waals surface area contributed by atoms with Crippen molar-refractivity contribution in [2.45, 2.75) is 32.6 Å². The van der Waals surface area contributed by atoms with E-state index in [-0.39, 0.29) is 83.5 Å². The van der Waals surface area contributed by atoms with Crippen molar-refractivity contribution in [2.24, 2.45) is 0 Å². The van der Waals surface area contributed by atoms with E-state index in [1.807, 2.05) is 18.2 Å². The van der Waals surface area contributed by atoms with Crippen LogP contribution < -0.4 is 31.3 Å². The Bertz CT molecular complexity index is 5380. The summed E-state index contributed by atoms with van der Waals surface area (Å²) in [6, 6.07) is 34.1. The summed E-state index contributed by atoms with van der Waals surface area (Å²) < 4.78 is 47.8. The molecule has 0 unspecified atom stereocenters. The van der Waals surface area contributed by atoms with Crippen molar-refractivity contribution >= 4 is 125 Å². The normalized spacial score (nSPS) is 10.8. The second kappa shape index (κ2) is 35.7. The maximum atomic E-state index is 12.5. The van der Waals surface area contributed by atoms with Gasteiger partial charge in [-0.2, -0.15) is 39.9 Å². The van der Waals surface area contributed by atoms with Gasteiger partial charge in [-0.3, -0.25) is 65.1 Å². The lowest BCUT2D eigenvalue weighted by molar-refractivity contribution is 0.101. The molecule has 0 fully saturated rings. The van der Waals surface area contributed by atoms with Crippen molar-refractivity contribution in [1.29, 1.82) is 0 Å². The van der Waals surface area contributed by atoms with E-state index in [1.165, 1.54) is 67.0 Å². The number of hydrogen-bond acceptors (Lipinski definition) is 28. The van der Waals surface area contributed by atoms with Gasteiger partial charge in [0.25, 0.3) is 23.6 Å². The minimum absolute atomic E-state index is 0.0487. The Kier molecular flexibility index (Phi) is 26.2. The number of aliphatic hydroxyl groups excluding tert-OH is 1. The maximum absolute atomic E-state index is 12.5. The summed E-state index contributed by atoms with van der Waals surface area (Å²) in [4.78, 5) is 125. The SMILES string of the molecule is Cc1nc(NC(=O)c2ccc(NS(C)(=O)=O)cc2Cl)nc(-c2ccccn2)n1.Cc1nc(NC(=O)c2ccc(S(C)(=O)=O)cc2)nc(-c2ccccn2)n1.Cc1nc(NC(=O)c2cnc(Cl)c(Cl)c2)nc(-c2ccccn2)n1.Cc1nc(NC(=O)c2cnc(NCCO)c(Cl)c2)nc(-c2ccccn2)n1. The number of rotatable bonds is 18. The van der Waals surface area contributed by atoms with Gasteiger partial charge in [0.15, 0.2) is 33.1 Å². The fraction of sp³-hybridized carbons (Fsp3) is 0.121. The van der Waals surface area contributed by atoms with E-state index in [4.69, 9.17) is 51.5 Å². The molecule has 0 atom stereocenters. The fourth-order valence-electron chi connectivity index (χ4n) is 8.52. The number of pyridine rings is 6. The van der Waals surface area contributed by atoms with Crippen LogP contribution in [0.1, 0.15) is 64.7 Å². The van der Waals surface area contributed by atoms with Gasteiger partial charge >= 0.3 is 0 Å². The molecule has 534 valence electrons. The topological polar surface area (TPSA) is 461 Å². The van der Waals surface area contributed by atoms with Crippen LogP contribution in [0, 0.1) is 27.7 Å². The first-order valence-electron chi connectivity index (χ1n) is 30.3. The molecule has 0 bridgehead atoms. The van der Waals surface area contributed by atoms with Crippen LogP contribution in [0.15, 0.2) is 169 Å². The number of sulfone groups is 1. The van der Waals surface area contributed by atoms with Gasteiger partial charge in [-0.15, -0.1) is 0 Å². The number of carbonyl (C=O) groups excluding carboxylic acids is 4. The number of sulfonamides is 1. The van der Waals surface area contributed by atoms with Gasteiger partial charge in [0, 0.05) is 61.2 Å². The van der Waals surface area contributed by atoms with Crippen molar-refractivity contribution in [3.05, 3.63) is 230 Å². The Morgan fingerprint density at radius 1 is 0.410 bits per heavy atom. The smallest absolute Gasteiger partial charge is 0.259 e. The first-order chi connectivity index (χ1) is 50.1. The highest BCUT2D eigenvalue weighted by Gasteiger charge is 2.20. The van der Waals surface area contributed by atoms with Crippen LogP contribution in [0.2, 0.25) is 20.2 Å². The quantitative estimate of drug-likeness (QED) is 0.0393. The van der Waals surface area contributed by atoms with E-state index >= 15 is 0 Å². The van der Waals surface area contributed by atoms with E-state index in [9.17, 15) is 36.0 Å². The third-order valence-corrected chi connectivity index (χ3v) is 16.1. The predicted octanol–water partition coefficient (Wildman–Crippen LogP) is 9.56. The summed E-state index contributed by atoms with van der Waals surface area (Å²) >= 11 is 23.8. The maximum Gasteiger partial charge on any atom is 0.259 e. The molecule has 0 aliphatic carbocycles. The minimum atomic E-state index is -3.45. The fourth-order valence-corrected chi connectivity index (χ4v) is 10.5. The number of aliphatic hydroxyl groups is 1. The Morgan fingerprint density at radius 2 is 0.790 bits per heavy atom. The second-order valence-electron chi connectivity index (χ2n) is 21.4. The zero-order valence-corrected chi connectivity index (χ0v) is 60.3. The summed E-state index contributed by atoms with van der Waals surface area (Å²) in [5, 5.41) is 22.7. The number of benzene rings is 2. The third kappa shape index (κ3) is 22.9. The van der Waals surface area contributed by atoms with Crippen molar-refractivity contribution in [3.8, 4) is 46.1 Å². The van der Waals surface area contributed by atoms with E-state index in [1.54, 1.807) is 107 Å². The van der Waals surface area contributed by atoms with Crippen LogP contribution >= 0.6 is 46.4 Å². The number of hydrogen-bond donors (Lipinski definition) is 7. The van der Waals surface area contributed by atoms with Crippen molar-refractivity contribution in [2.75, 3.05) is 57.0 Å². The molecule has 10 heterocycles. The average molecular weight is 1540 g/mol. The Labute approximate surface area is 618 Å². The standard InChI is InChI=1S/C17H16ClN7O2.C17H15ClN6O3S.C17H15N5O3S.C15H10Cl2N6O/c1-10-22-15(13-4-2-3-5-19-13)24-17(23-10)25-16(27)11-8-12(18)14(21-9-11)20-6-7-26;1-10-20-15(14-5-3-4-8-19-14)22-17(21-10)23-16(25)12-7-6-11(9-13(12)18)24-28(2,26)27;1-11-19-15(14-5-3-4-10-18-14)21-17(20-11)22-16(23)12-6-8-13(9-7-12)26(2,24)25;1-8-20-13(11-4-2-3-5-18-11)22-15(21-8)23-14(24)9-6-10(16)12(17)19-7-9/h2-5,8-9,26H,6-7H2,1H3,(H,20,21)(H,22,23,24,25,27);3-9,24H,1-2H3,(H,20,21,22,23,25);3-10H,1-2H3,(H,19,20,21,22,23);2-7H,1H3,(H,20,21,22,23,24). The number of halogens is 4. The molecule has 0 spiro atoms. The van der Waals surface area contributed by atoms with E-state index in [0.29, 0.717) is 81.7 Å². The van der Waals surface area contributed by atoms with Gasteiger partial charge < -0.3 is 10.4 Å². The molecule has 12 rings (SSSR count). The van der Waals surface area contributed by atoms with Gasteiger partial charge in [-0.05, 0) is 131 Å². The number of carbonyl (C=O) groups is 4. The summed E-state index contributed by atoms with van der Waals surface area (Å²) in [5.41, 5.74) is 3.40. The number of aryl methyl sites for hydroxylation is 4. The summed E-state index contributed by atoms with van der Waals surface area (Å²) in [6.45, 7) is 7.00. The Hall–Kier alpha value is -12.1. The highest BCUT2D eigenvalue weighted by Crippen LogP contribution is 2.26. The number of anilines is 6. The zero-order valence-electron chi connectivity index (χ0n) is 55.6. The van der Waals surface area contributed by atoms with Crippen LogP contribution in [0.3, 0.4) is 0 Å². The lowest BCUT2D eigenvalue weighted by Crippen LogP contribution is -2.16. The average Bonchev–Trinajstić information content (AvgIpc) is 0.839. The number of amides is 4. The second-order valence-corrected chi connectivity index (χ2v) is 26.7. The molecular weight excluding hydrogens is 1480 g/mol. The molecule has 7 N–H and O–H groups in total. The van der Waals surface area contributed by atoms with Crippen molar-refractivity contribution < 1.29 is 41.1 Å². The first kappa shape index (κ1) is 77.0. The highest BCUT2D eigenvalue weighted by molar-refractivity contribution is 7.92. The van der Waals surface area contributed by atoms with Crippen LogP contribution in [0.4, 0.5) is 35.3 Å². The van der Waals surface area contributed by atoms with Gasteiger partial charge in [-0.1, -0.05) is 70.7 Å². The molecule has 2 aromatic carbocycles. The molecule has 4 amide bonds. The van der Waals surface area contributed by atoms with Crippen LogP contribution in [0.5, 0.6) is 0 Å². The molecule has 0 radical (unpaired) electrons. The summed E-state index contributed by atoms with van der Waals surface area (Å²) in [5.74, 6) is 1.95. The van der Waals surface area contributed by atoms with Gasteiger partial charge in [-0.25, -0.2) is 46.7 Å². The molecule has 0 aliphatic heterocycles. The summed E-state index contributed by atoms with van der Waals surface area (Å²) in [6.07, 6.45) is 11.3. The number of nitrogens with zero attached hydrogens (tertiary/aromatic N) is 18. The van der Waals surface area contributed by atoms with E-state index in [0.717, 1.165) is 12.5 Å². The molecular formula is C66H56Cl4N24O9S2. The van der Waals surface area contributed by atoms with Gasteiger partial charge in [0.2, 0.25) is 33.8 Å². The molecule has 33 nitrogen and oxygen atoms in total. The first-order valence-corrected chi connectivity index (χ1v) is 35.6. The van der Waals surface area contributed by atoms with Crippen LogP contribution in [-0.2, 0) is 19.9 Å². The molecule has 0 saturated heterocycles. The minimum Gasteiger partial charge on any atom is -0.395 e. The monoisotopic (exact) mass is 1530 g/mol. The summed E-state index contributed by atoms with van der Waals surface area (Å²) in [7, 11) is -6.77. The highest BCUT2D eigenvalue weighted by atomic mass is 35.5. The predicted molar refractivity (Wildman–Crippen MR) is 392 cm³/mol. The zero-order chi connectivity index (χ0) is 75.4. The molecule has 39 heteroatoms. The lowest BCUT2D eigenvalue weighted by atomic mass is 10.2. The molecule has 10 aromatic heterocycles. The molecule has 0 aliphatic rings. The molecule has 12 aromatic rings. The number of nitrogens with one attached hydrogen (secondary N) is 6. The van der Waals surface area contributed by atoms with Gasteiger partial charge in [0.05, 0.1) is 49.5 Å². The number of aromatic nitrogens is 18. The largest absolute Gasteiger partial charge is 0.395 e. The molecule has 0 saturated carbocycles. The van der Waals surface area contributed by atoms with Crippen molar-refractivity contribution in [1.82, 2.24) is 89.7 Å². The van der Waals surface area contributed by atoms with E-state index in [2.05, 4.69) is 121 Å². The third-order valence-electron chi connectivity index (χ3n) is 13.1. The lowest BCUT2D eigenvalue weighted by Gasteiger charge is -2.09.